The van der Waals surface area contributed by atoms with Crippen LogP contribution < -0.4 is 5.48 Å². The lowest BCUT2D eigenvalue weighted by Crippen LogP contribution is -2.20. The summed E-state index contributed by atoms with van der Waals surface area (Å²) in [4.78, 5) is 11.2. The molecule has 13 heavy (non-hydrogen) atoms. The predicted molar refractivity (Wildman–Crippen MR) is 47.7 cm³/mol. The number of carbonyl (C=O) groups is 1. The Bertz CT molecular complexity index is 347. The molecule has 3 nitrogen and oxygen atoms in total. The number of hydrogen-bond acceptors (Lipinski definition) is 2. The Morgan fingerprint density at radius 1 is 1.38 bits per heavy atom. The maximum absolute atomic E-state index is 11.2. The summed E-state index contributed by atoms with van der Waals surface area (Å²) < 4.78 is 0. The van der Waals surface area contributed by atoms with Gasteiger partial charge in [-0.3, -0.25) is 10.0 Å². The quantitative estimate of drug-likeness (QED) is 0.501. The summed E-state index contributed by atoms with van der Waals surface area (Å²) in [6, 6.07) is 5.64. The summed E-state index contributed by atoms with van der Waals surface area (Å²) >= 11 is 0. The Kier molecular flexibility index (Phi) is 2.02. The van der Waals surface area contributed by atoms with Gasteiger partial charge in [-0.1, -0.05) is 12.1 Å². The van der Waals surface area contributed by atoms with Gasteiger partial charge in [0.2, 0.25) is 0 Å². The van der Waals surface area contributed by atoms with Crippen molar-refractivity contribution in [3.63, 3.8) is 0 Å². The van der Waals surface area contributed by atoms with E-state index in [9.17, 15) is 4.79 Å². The summed E-state index contributed by atoms with van der Waals surface area (Å²) in [6.45, 7) is 0. The molecule has 0 heterocycles. The molecule has 0 saturated carbocycles. The number of carbonyl (C=O) groups excluding carboxylic acids is 1. The van der Waals surface area contributed by atoms with Gasteiger partial charge in [0.25, 0.3) is 5.91 Å². The lowest BCUT2D eigenvalue weighted by atomic mass is 10.0. The fourth-order valence-electron chi connectivity index (χ4n) is 1.89. The van der Waals surface area contributed by atoms with Crippen LogP contribution in [0.25, 0.3) is 0 Å². The average molecular weight is 177 g/mol. The number of rotatable bonds is 1. The van der Waals surface area contributed by atoms with Gasteiger partial charge in [0.1, 0.15) is 0 Å². The van der Waals surface area contributed by atoms with Crippen molar-refractivity contribution >= 4 is 5.91 Å². The number of amides is 1. The fourth-order valence-corrected chi connectivity index (χ4v) is 1.89. The molecule has 0 bridgehead atoms. The van der Waals surface area contributed by atoms with E-state index in [0.717, 1.165) is 24.8 Å². The minimum Gasteiger partial charge on any atom is -0.288 e. The molecule has 1 aliphatic carbocycles. The summed E-state index contributed by atoms with van der Waals surface area (Å²) in [7, 11) is 0. The van der Waals surface area contributed by atoms with E-state index in [-0.39, 0.29) is 0 Å². The molecule has 1 aromatic carbocycles. The molecule has 1 aliphatic rings. The van der Waals surface area contributed by atoms with Crippen LogP contribution in [0.3, 0.4) is 0 Å². The van der Waals surface area contributed by atoms with Crippen LogP contribution in [0.15, 0.2) is 18.2 Å². The van der Waals surface area contributed by atoms with Crippen LogP contribution >= 0.6 is 0 Å². The van der Waals surface area contributed by atoms with Crippen molar-refractivity contribution in [2.75, 3.05) is 0 Å². The van der Waals surface area contributed by atoms with Gasteiger partial charge < -0.3 is 0 Å². The second-order valence-electron chi connectivity index (χ2n) is 3.24. The van der Waals surface area contributed by atoms with Crippen molar-refractivity contribution in [1.82, 2.24) is 5.48 Å². The third-order valence-corrected chi connectivity index (χ3v) is 2.49. The van der Waals surface area contributed by atoms with Crippen molar-refractivity contribution in [3.8, 4) is 0 Å². The molecule has 0 fully saturated rings. The van der Waals surface area contributed by atoms with Crippen molar-refractivity contribution in [1.29, 1.82) is 0 Å². The predicted octanol–water partition coefficient (Wildman–Crippen LogP) is 1.29. The minimum atomic E-state index is -0.404. The molecule has 1 amide bonds. The molecule has 0 unspecified atom stereocenters. The molecule has 0 radical (unpaired) electrons. The van der Waals surface area contributed by atoms with E-state index in [1.54, 1.807) is 11.5 Å². The smallest absolute Gasteiger partial charge is 0.274 e. The van der Waals surface area contributed by atoms with E-state index >= 15 is 0 Å². The molecule has 0 aromatic heterocycles. The second-order valence-corrected chi connectivity index (χ2v) is 3.24. The van der Waals surface area contributed by atoms with Gasteiger partial charge in [0.05, 0.1) is 0 Å². The van der Waals surface area contributed by atoms with Crippen LogP contribution in [0.2, 0.25) is 0 Å². The highest BCUT2D eigenvalue weighted by molar-refractivity contribution is 5.95. The molecular weight excluding hydrogens is 166 g/mol. The van der Waals surface area contributed by atoms with Gasteiger partial charge in [-0.2, -0.15) is 0 Å². The molecule has 0 aliphatic heterocycles. The second kappa shape index (κ2) is 3.18. The topological polar surface area (TPSA) is 49.3 Å². The molecule has 2 rings (SSSR count). The Morgan fingerprint density at radius 2 is 2.23 bits per heavy atom. The highest BCUT2D eigenvalue weighted by Gasteiger charge is 2.17. The zero-order valence-electron chi connectivity index (χ0n) is 7.21. The summed E-state index contributed by atoms with van der Waals surface area (Å²) in [5.74, 6) is -0.404. The van der Waals surface area contributed by atoms with E-state index in [4.69, 9.17) is 5.21 Å². The largest absolute Gasteiger partial charge is 0.288 e. The Hall–Kier alpha value is -1.35. The molecule has 3 heteroatoms. The third-order valence-electron chi connectivity index (χ3n) is 2.49. The van der Waals surface area contributed by atoms with Crippen LogP contribution in [0, 0.1) is 0 Å². The summed E-state index contributed by atoms with van der Waals surface area (Å²) in [6.07, 6.45) is 3.09. The molecule has 0 atom stereocenters. The zero-order valence-corrected chi connectivity index (χ0v) is 7.21. The number of benzene rings is 1. The lowest BCUT2D eigenvalue weighted by molar-refractivity contribution is 0.0705. The first-order chi connectivity index (χ1) is 6.33. The van der Waals surface area contributed by atoms with Crippen molar-refractivity contribution in [2.24, 2.45) is 0 Å². The van der Waals surface area contributed by atoms with Gasteiger partial charge in [0, 0.05) is 5.56 Å². The number of fused-ring (bicyclic) bond motifs is 1. The van der Waals surface area contributed by atoms with Gasteiger partial charge in [-0.25, -0.2) is 5.48 Å². The standard InChI is InChI=1S/C10H11NO2/c12-10(11-13)9-6-2-4-7-3-1-5-8(7)9/h2,4,6,13H,1,3,5H2,(H,11,12). The number of nitrogens with one attached hydrogen (secondary N) is 1. The molecule has 0 saturated heterocycles. The van der Waals surface area contributed by atoms with Crippen LogP contribution in [-0.4, -0.2) is 11.1 Å². The zero-order chi connectivity index (χ0) is 9.26. The first kappa shape index (κ1) is 8.26. The molecule has 2 N–H and O–H groups in total. The van der Waals surface area contributed by atoms with Gasteiger partial charge in [0.15, 0.2) is 0 Å². The van der Waals surface area contributed by atoms with E-state index in [1.807, 2.05) is 12.1 Å². The maximum Gasteiger partial charge on any atom is 0.274 e. The molecule has 0 spiro atoms. The Balaban J connectivity index is 2.47. The summed E-state index contributed by atoms with van der Waals surface area (Å²) in [5.41, 5.74) is 4.61. The fraction of sp³-hybridized carbons (Fsp3) is 0.300. The van der Waals surface area contributed by atoms with Crippen LogP contribution in [0.5, 0.6) is 0 Å². The SMILES string of the molecule is O=C(NO)c1cccc2c1CCC2. The van der Waals surface area contributed by atoms with E-state index in [1.165, 1.54) is 5.56 Å². The van der Waals surface area contributed by atoms with Gasteiger partial charge >= 0.3 is 0 Å². The van der Waals surface area contributed by atoms with Gasteiger partial charge in [-0.15, -0.1) is 0 Å². The van der Waals surface area contributed by atoms with Crippen molar-refractivity contribution in [3.05, 3.63) is 34.9 Å². The van der Waals surface area contributed by atoms with Gasteiger partial charge in [-0.05, 0) is 36.5 Å². The van der Waals surface area contributed by atoms with Crippen LogP contribution in [-0.2, 0) is 12.8 Å². The molecular formula is C10H11NO2. The van der Waals surface area contributed by atoms with Crippen molar-refractivity contribution < 1.29 is 10.0 Å². The Labute approximate surface area is 76.3 Å². The molecule has 1 aromatic rings. The van der Waals surface area contributed by atoms with Crippen molar-refractivity contribution in [2.45, 2.75) is 19.3 Å². The van der Waals surface area contributed by atoms with Crippen LogP contribution in [0.1, 0.15) is 27.9 Å². The van der Waals surface area contributed by atoms with E-state index in [0.29, 0.717) is 5.56 Å². The number of aryl methyl sites for hydroxylation is 1. The highest BCUT2D eigenvalue weighted by atomic mass is 16.5. The summed E-state index contributed by atoms with van der Waals surface area (Å²) in [5, 5.41) is 8.52. The minimum absolute atomic E-state index is 0.404. The first-order valence-electron chi connectivity index (χ1n) is 4.38. The number of hydroxylamine groups is 1. The normalized spacial score (nSPS) is 13.9. The van der Waals surface area contributed by atoms with Crippen LogP contribution in [0.4, 0.5) is 0 Å². The maximum atomic E-state index is 11.2. The third kappa shape index (κ3) is 1.31. The lowest BCUT2D eigenvalue weighted by Gasteiger charge is -2.05. The highest BCUT2D eigenvalue weighted by Crippen LogP contribution is 2.24. The van der Waals surface area contributed by atoms with E-state index < -0.39 is 5.91 Å². The monoisotopic (exact) mass is 177 g/mol. The molecule has 68 valence electrons. The van der Waals surface area contributed by atoms with E-state index in [2.05, 4.69) is 0 Å². The first-order valence-corrected chi connectivity index (χ1v) is 4.38. The average Bonchev–Trinajstić information content (AvgIpc) is 2.63. The Morgan fingerprint density at radius 3 is 3.00 bits per heavy atom. The number of hydrogen-bond donors (Lipinski definition) is 2.